The lowest BCUT2D eigenvalue weighted by molar-refractivity contribution is 0.313. The highest BCUT2D eigenvalue weighted by Crippen LogP contribution is 2.44. The van der Waals surface area contributed by atoms with Gasteiger partial charge in [-0.25, -0.2) is 4.98 Å². The van der Waals surface area contributed by atoms with Crippen LogP contribution in [-0.2, 0) is 0 Å². The van der Waals surface area contributed by atoms with E-state index >= 15 is 0 Å². The summed E-state index contributed by atoms with van der Waals surface area (Å²) in [6.45, 7) is 6.55. The first kappa shape index (κ1) is 23.0. The lowest BCUT2D eigenvalue weighted by Gasteiger charge is -2.38. The summed E-state index contributed by atoms with van der Waals surface area (Å²) in [7, 11) is 2.19. The van der Waals surface area contributed by atoms with Gasteiger partial charge in [0.2, 0.25) is 5.95 Å². The molecule has 10 heteroatoms. The van der Waals surface area contributed by atoms with E-state index in [4.69, 9.17) is 4.98 Å². The second kappa shape index (κ2) is 9.53. The van der Waals surface area contributed by atoms with Crippen LogP contribution in [0.4, 0.5) is 17.5 Å². The summed E-state index contributed by atoms with van der Waals surface area (Å²) in [5.74, 6) is 2.57. The summed E-state index contributed by atoms with van der Waals surface area (Å²) in [6.07, 6.45) is 8.59. The topological polar surface area (TPSA) is 78.2 Å². The van der Waals surface area contributed by atoms with Crippen LogP contribution >= 0.6 is 22.6 Å². The predicted octanol–water partition coefficient (Wildman–Crippen LogP) is 4.18. The zero-order valence-electron chi connectivity index (χ0n) is 20.3. The molecule has 3 aromatic rings. The molecule has 184 valence electrons. The van der Waals surface area contributed by atoms with Gasteiger partial charge in [0.05, 0.1) is 12.2 Å². The monoisotopic (exact) mass is 585 g/mol. The first-order chi connectivity index (χ1) is 17.1. The lowest BCUT2D eigenvalue weighted by Crippen LogP contribution is -2.44. The average molecular weight is 585 g/mol. The number of likely N-dealkylation sites (N-methyl/N-ethyl adjacent to an activating group) is 1. The number of anilines is 3. The number of aromatic nitrogens is 5. The van der Waals surface area contributed by atoms with Gasteiger partial charge in [-0.2, -0.15) is 4.98 Å². The zero-order chi connectivity index (χ0) is 23.9. The van der Waals surface area contributed by atoms with Crippen molar-refractivity contribution in [2.75, 3.05) is 48.3 Å². The number of benzene rings is 1. The molecule has 2 fully saturated rings. The third-order valence-corrected chi connectivity index (χ3v) is 8.77. The number of fused-ring (bicyclic) bond motifs is 3. The number of nitrogens with one attached hydrogen (secondary N) is 1. The molecule has 6 rings (SSSR count). The summed E-state index contributed by atoms with van der Waals surface area (Å²) in [4.78, 5) is 17.0. The van der Waals surface area contributed by atoms with E-state index in [-0.39, 0.29) is 10.1 Å². The van der Waals surface area contributed by atoms with Crippen LogP contribution in [0.15, 0.2) is 36.8 Å². The Kier molecular flexibility index (Phi) is 6.25. The maximum atomic E-state index is 5.04. The second-order valence-electron chi connectivity index (χ2n) is 9.89. The fraction of sp³-hybridized carbons (Fsp3) is 0.520. The van der Waals surface area contributed by atoms with E-state index < -0.39 is 0 Å². The highest BCUT2D eigenvalue weighted by Gasteiger charge is 2.38. The molecule has 35 heavy (non-hydrogen) atoms. The molecule has 2 atom stereocenters. The van der Waals surface area contributed by atoms with Crippen molar-refractivity contribution in [3.05, 3.63) is 48.2 Å². The van der Waals surface area contributed by atoms with Crippen LogP contribution < -0.4 is 15.1 Å². The van der Waals surface area contributed by atoms with Gasteiger partial charge in [0.25, 0.3) is 0 Å². The van der Waals surface area contributed by atoms with Crippen LogP contribution in [0.2, 0.25) is 0 Å². The van der Waals surface area contributed by atoms with Crippen molar-refractivity contribution in [1.29, 1.82) is 0 Å². The fourth-order valence-corrected chi connectivity index (χ4v) is 6.62. The van der Waals surface area contributed by atoms with Crippen molar-refractivity contribution in [1.82, 2.24) is 29.6 Å². The molecule has 0 radical (unpaired) electrons. The Morgan fingerprint density at radius 3 is 2.54 bits per heavy atom. The molecule has 2 aliphatic heterocycles. The van der Waals surface area contributed by atoms with Crippen LogP contribution in [0, 0.1) is 0 Å². The molecule has 0 amide bonds. The molecule has 1 saturated carbocycles. The van der Waals surface area contributed by atoms with Gasteiger partial charge in [-0.3, -0.25) is 4.57 Å². The number of rotatable bonds is 5. The second-order valence-corrected chi connectivity index (χ2v) is 11.1. The number of nitrogens with zero attached hydrogens (tertiary/aromatic N) is 8. The van der Waals surface area contributed by atoms with Crippen molar-refractivity contribution >= 4 is 40.0 Å². The Morgan fingerprint density at radius 2 is 1.80 bits per heavy atom. The molecule has 1 aromatic carbocycles. The van der Waals surface area contributed by atoms with Crippen LogP contribution in [0.5, 0.6) is 0 Å². The molecule has 0 unspecified atom stereocenters. The van der Waals surface area contributed by atoms with Gasteiger partial charge in [0.1, 0.15) is 16.1 Å². The standard InChI is InChI=1S/C25H32IN9/c1-17(18-7-9-19(10-8-18)33-13-11-32(2)12-14-33)29-25-27-15-21-23(30-25)35(20-5-3-4-6-20)22(26)24-31-28-16-34(21)24/h7-10,15-17,20,22H,3-6,11-14H2,1-2H3,(H,27,29,30)/t17-,22-/m0/s1. The molecule has 1 saturated heterocycles. The van der Waals surface area contributed by atoms with E-state index in [1.807, 2.05) is 10.8 Å². The van der Waals surface area contributed by atoms with Gasteiger partial charge in [-0.05, 0) is 67.1 Å². The van der Waals surface area contributed by atoms with Crippen molar-refractivity contribution in [3.63, 3.8) is 0 Å². The number of hydrogen-bond donors (Lipinski definition) is 1. The maximum Gasteiger partial charge on any atom is 0.225 e. The molecule has 1 N–H and O–H groups in total. The van der Waals surface area contributed by atoms with Gasteiger partial charge >= 0.3 is 0 Å². The van der Waals surface area contributed by atoms with Crippen molar-refractivity contribution < 1.29 is 0 Å². The molecular formula is C25H32IN9. The van der Waals surface area contributed by atoms with E-state index in [1.165, 1.54) is 36.9 Å². The Labute approximate surface area is 220 Å². The molecule has 3 aliphatic rings. The summed E-state index contributed by atoms with van der Waals surface area (Å²) in [5.41, 5.74) is 3.48. The molecule has 4 heterocycles. The van der Waals surface area contributed by atoms with E-state index in [0.717, 1.165) is 43.5 Å². The van der Waals surface area contributed by atoms with Crippen LogP contribution in [0.25, 0.3) is 5.69 Å². The Bertz CT molecular complexity index is 1170. The summed E-state index contributed by atoms with van der Waals surface area (Å²) < 4.78 is 2.13. The van der Waals surface area contributed by atoms with Crippen LogP contribution in [0.1, 0.15) is 54.1 Å². The van der Waals surface area contributed by atoms with Crippen LogP contribution in [0.3, 0.4) is 0 Å². The van der Waals surface area contributed by atoms with Gasteiger partial charge in [-0.1, -0.05) is 25.0 Å². The summed E-state index contributed by atoms with van der Waals surface area (Å²) in [5, 5.41) is 12.1. The summed E-state index contributed by atoms with van der Waals surface area (Å²) in [6, 6.07) is 9.49. The minimum absolute atomic E-state index is 0.0963. The third kappa shape index (κ3) is 4.35. The number of halogens is 1. The molecule has 1 aliphatic carbocycles. The molecule has 0 spiro atoms. The first-order valence-electron chi connectivity index (χ1n) is 12.6. The smallest absolute Gasteiger partial charge is 0.225 e. The van der Waals surface area contributed by atoms with E-state index in [1.54, 1.807) is 6.33 Å². The predicted molar refractivity (Wildman–Crippen MR) is 147 cm³/mol. The quantitative estimate of drug-likeness (QED) is 0.272. The largest absolute Gasteiger partial charge is 0.369 e. The molecule has 0 bridgehead atoms. The van der Waals surface area contributed by atoms with Crippen molar-refractivity contribution in [2.45, 2.75) is 48.7 Å². The van der Waals surface area contributed by atoms with E-state index in [9.17, 15) is 0 Å². The van der Waals surface area contributed by atoms with Gasteiger partial charge in [0.15, 0.2) is 11.6 Å². The minimum atomic E-state index is 0.0963. The summed E-state index contributed by atoms with van der Waals surface area (Å²) >= 11 is 2.48. The Hall–Kier alpha value is -2.47. The van der Waals surface area contributed by atoms with Crippen LogP contribution in [-0.4, -0.2) is 68.9 Å². The van der Waals surface area contributed by atoms with E-state index in [0.29, 0.717) is 12.0 Å². The SMILES string of the molecule is C[C@H](Nc1ncc2c(n1)N(C1CCCC1)[C@H](I)c1nncn1-2)c1ccc(N2CCN(C)CC2)cc1. The van der Waals surface area contributed by atoms with Crippen molar-refractivity contribution in [3.8, 4) is 5.69 Å². The Balaban J connectivity index is 1.23. The minimum Gasteiger partial charge on any atom is -0.369 e. The lowest BCUT2D eigenvalue weighted by atomic mass is 10.1. The zero-order valence-corrected chi connectivity index (χ0v) is 22.5. The number of hydrogen-bond acceptors (Lipinski definition) is 8. The highest BCUT2D eigenvalue weighted by molar-refractivity contribution is 14.1. The van der Waals surface area contributed by atoms with Gasteiger partial charge in [0, 0.05) is 37.9 Å². The molecular weight excluding hydrogens is 553 g/mol. The van der Waals surface area contributed by atoms with Gasteiger partial charge < -0.3 is 20.0 Å². The third-order valence-electron chi connectivity index (χ3n) is 7.61. The van der Waals surface area contributed by atoms with Gasteiger partial charge in [-0.15, -0.1) is 10.2 Å². The molecule has 2 aromatic heterocycles. The normalized spacial score (nSPS) is 21.6. The highest BCUT2D eigenvalue weighted by atomic mass is 127. The molecule has 9 nitrogen and oxygen atoms in total. The van der Waals surface area contributed by atoms with Crippen molar-refractivity contribution in [2.24, 2.45) is 0 Å². The Morgan fingerprint density at radius 1 is 1.06 bits per heavy atom. The fourth-order valence-electron chi connectivity index (χ4n) is 5.48. The number of piperazine rings is 1. The number of alkyl halides is 1. The maximum absolute atomic E-state index is 5.04. The average Bonchev–Trinajstić information content (AvgIpc) is 3.58. The van der Waals surface area contributed by atoms with E-state index in [2.05, 4.69) is 96.0 Å². The first-order valence-corrected chi connectivity index (χ1v) is 13.8.